The van der Waals surface area contributed by atoms with Crippen LogP contribution in [0.15, 0.2) is 0 Å². The highest BCUT2D eigenvalue weighted by atomic mass is 16.4. The molecule has 0 atom stereocenters. The topological polar surface area (TPSA) is 72.9 Å². The van der Waals surface area contributed by atoms with Crippen molar-refractivity contribution in [1.82, 2.24) is 15.1 Å². The number of nitrogens with one attached hydrogen (secondary N) is 1. The SMILES string of the molecule is C#CCCCNC(=O)N1CCN(CCC(=O)O)CC1. The normalized spacial score (nSPS) is 15.8. The summed E-state index contributed by atoms with van der Waals surface area (Å²) in [6.07, 6.45) is 6.75. The molecule has 1 rings (SSSR count). The van der Waals surface area contributed by atoms with Crippen molar-refractivity contribution in [2.24, 2.45) is 0 Å². The van der Waals surface area contributed by atoms with Crippen LogP contribution in [0, 0.1) is 12.3 Å². The van der Waals surface area contributed by atoms with Crippen molar-refractivity contribution in [2.45, 2.75) is 19.3 Å². The molecule has 1 heterocycles. The van der Waals surface area contributed by atoms with Crippen molar-refractivity contribution in [3.63, 3.8) is 0 Å². The number of unbranched alkanes of at least 4 members (excludes halogenated alkanes) is 1. The lowest BCUT2D eigenvalue weighted by molar-refractivity contribution is -0.137. The van der Waals surface area contributed by atoms with Gasteiger partial charge in [-0.1, -0.05) is 0 Å². The number of nitrogens with zero attached hydrogens (tertiary/aromatic N) is 2. The zero-order valence-electron chi connectivity index (χ0n) is 11.1. The summed E-state index contributed by atoms with van der Waals surface area (Å²) in [6.45, 7) is 3.88. The number of hydrogen-bond donors (Lipinski definition) is 2. The van der Waals surface area contributed by atoms with Crippen molar-refractivity contribution in [2.75, 3.05) is 39.3 Å². The van der Waals surface area contributed by atoms with Crippen LogP contribution < -0.4 is 5.32 Å². The fraction of sp³-hybridized carbons (Fsp3) is 0.692. The van der Waals surface area contributed by atoms with Gasteiger partial charge in [0.05, 0.1) is 6.42 Å². The van der Waals surface area contributed by atoms with Gasteiger partial charge >= 0.3 is 12.0 Å². The molecule has 0 aromatic heterocycles. The Bertz CT molecular complexity index is 344. The molecule has 0 saturated carbocycles. The quantitative estimate of drug-likeness (QED) is 0.533. The molecule has 2 amide bonds. The van der Waals surface area contributed by atoms with E-state index in [1.807, 2.05) is 0 Å². The maximum absolute atomic E-state index is 11.8. The van der Waals surface area contributed by atoms with Gasteiger partial charge in [0.1, 0.15) is 0 Å². The predicted molar refractivity (Wildman–Crippen MR) is 71.7 cm³/mol. The maximum atomic E-state index is 11.8. The minimum atomic E-state index is -0.784. The molecule has 1 saturated heterocycles. The Morgan fingerprint density at radius 2 is 1.95 bits per heavy atom. The van der Waals surface area contributed by atoms with E-state index in [9.17, 15) is 9.59 Å². The van der Waals surface area contributed by atoms with E-state index in [2.05, 4.69) is 16.1 Å². The highest BCUT2D eigenvalue weighted by molar-refractivity contribution is 5.74. The van der Waals surface area contributed by atoms with Crippen molar-refractivity contribution >= 4 is 12.0 Å². The van der Waals surface area contributed by atoms with Gasteiger partial charge in [-0.2, -0.15) is 0 Å². The second-order valence-corrected chi connectivity index (χ2v) is 4.51. The van der Waals surface area contributed by atoms with Gasteiger partial charge in [0.15, 0.2) is 0 Å². The van der Waals surface area contributed by atoms with E-state index in [1.54, 1.807) is 4.90 Å². The first kappa shape index (κ1) is 15.3. The molecule has 1 aliphatic rings. The van der Waals surface area contributed by atoms with Gasteiger partial charge in [0.2, 0.25) is 0 Å². The number of carbonyl (C=O) groups is 2. The summed E-state index contributed by atoms with van der Waals surface area (Å²) in [5.74, 6) is 1.75. The maximum Gasteiger partial charge on any atom is 0.317 e. The van der Waals surface area contributed by atoms with Crippen LogP contribution in [0.1, 0.15) is 19.3 Å². The fourth-order valence-electron chi connectivity index (χ4n) is 1.93. The Balaban J connectivity index is 2.16. The standard InChI is InChI=1S/C13H21N3O3/c1-2-3-4-6-14-13(19)16-10-8-15(9-11-16)7-5-12(17)18/h1H,3-11H2,(H,14,19)(H,17,18). The number of terminal acetylenes is 1. The zero-order chi connectivity index (χ0) is 14.1. The second-order valence-electron chi connectivity index (χ2n) is 4.51. The van der Waals surface area contributed by atoms with Gasteiger partial charge in [-0.05, 0) is 6.42 Å². The van der Waals surface area contributed by atoms with Gasteiger partial charge < -0.3 is 15.3 Å². The number of urea groups is 1. The highest BCUT2D eigenvalue weighted by Crippen LogP contribution is 2.03. The Hall–Kier alpha value is -1.74. The Kier molecular flexibility index (Phi) is 6.75. The van der Waals surface area contributed by atoms with Crippen LogP contribution in [0.4, 0.5) is 4.79 Å². The number of carboxylic acids is 1. The van der Waals surface area contributed by atoms with Crippen LogP contribution in [0.2, 0.25) is 0 Å². The largest absolute Gasteiger partial charge is 0.481 e. The molecule has 0 aromatic rings. The summed E-state index contributed by atoms with van der Waals surface area (Å²) in [7, 11) is 0. The first-order valence-electron chi connectivity index (χ1n) is 6.54. The van der Waals surface area contributed by atoms with Crippen molar-refractivity contribution < 1.29 is 14.7 Å². The van der Waals surface area contributed by atoms with Gasteiger partial charge in [0.25, 0.3) is 0 Å². The number of amides is 2. The highest BCUT2D eigenvalue weighted by Gasteiger charge is 2.20. The molecule has 0 bridgehead atoms. The van der Waals surface area contributed by atoms with E-state index in [-0.39, 0.29) is 12.5 Å². The van der Waals surface area contributed by atoms with E-state index in [0.29, 0.717) is 32.6 Å². The average Bonchev–Trinajstić information content (AvgIpc) is 2.41. The summed E-state index contributed by atoms with van der Waals surface area (Å²) in [4.78, 5) is 26.1. The van der Waals surface area contributed by atoms with Crippen LogP contribution in [-0.2, 0) is 4.79 Å². The molecular formula is C13H21N3O3. The summed E-state index contributed by atoms with van der Waals surface area (Å²) in [5, 5.41) is 11.4. The lowest BCUT2D eigenvalue weighted by Gasteiger charge is -2.34. The van der Waals surface area contributed by atoms with Crippen molar-refractivity contribution in [3.8, 4) is 12.3 Å². The van der Waals surface area contributed by atoms with E-state index < -0.39 is 5.97 Å². The summed E-state index contributed by atoms with van der Waals surface area (Å²) in [5.41, 5.74) is 0. The van der Waals surface area contributed by atoms with Crippen LogP contribution in [0.25, 0.3) is 0 Å². The molecule has 1 aliphatic heterocycles. The van der Waals surface area contributed by atoms with Gasteiger partial charge in [-0.15, -0.1) is 12.3 Å². The van der Waals surface area contributed by atoms with E-state index >= 15 is 0 Å². The van der Waals surface area contributed by atoms with Crippen LogP contribution >= 0.6 is 0 Å². The molecule has 106 valence electrons. The number of rotatable bonds is 6. The average molecular weight is 267 g/mol. The molecule has 0 unspecified atom stereocenters. The summed E-state index contributed by atoms with van der Waals surface area (Å²) >= 11 is 0. The molecule has 0 aromatic carbocycles. The lowest BCUT2D eigenvalue weighted by atomic mass is 10.3. The Morgan fingerprint density at radius 1 is 1.26 bits per heavy atom. The van der Waals surface area contributed by atoms with Crippen LogP contribution in [0.3, 0.4) is 0 Å². The molecule has 19 heavy (non-hydrogen) atoms. The van der Waals surface area contributed by atoms with Gasteiger partial charge in [-0.25, -0.2) is 4.79 Å². The first-order valence-corrected chi connectivity index (χ1v) is 6.54. The summed E-state index contributed by atoms with van der Waals surface area (Å²) < 4.78 is 0. The Labute approximate surface area is 113 Å². The number of hydrogen-bond acceptors (Lipinski definition) is 3. The third-order valence-electron chi connectivity index (χ3n) is 3.08. The molecule has 0 spiro atoms. The molecule has 6 heteroatoms. The third kappa shape index (κ3) is 6.11. The molecule has 1 fully saturated rings. The van der Waals surface area contributed by atoms with Gasteiger partial charge in [-0.3, -0.25) is 9.69 Å². The second kappa shape index (κ2) is 8.38. The van der Waals surface area contributed by atoms with E-state index in [4.69, 9.17) is 11.5 Å². The molecule has 0 aliphatic carbocycles. The van der Waals surface area contributed by atoms with Gasteiger partial charge in [0, 0.05) is 45.7 Å². The van der Waals surface area contributed by atoms with Crippen molar-refractivity contribution in [3.05, 3.63) is 0 Å². The minimum absolute atomic E-state index is 0.0603. The first-order chi connectivity index (χ1) is 9.13. The lowest BCUT2D eigenvalue weighted by Crippen LogP contribution is -2.52. The van der Waals surface area contributed by atoms with Crippen LogP contribution in [-0.4, -0.2) is 66.2 Å². The third-order valence-corrected chi connectivity index (χ3v) is 3.08. The van der Waals surface area contributed by atoms with E-state index in [1.165, 1.54) is 0 Å². The molecule has 6 nitrogen and oxygen atoms in total. The Morgan fingerprint density at radius 3 is 2.53 bits per heavy atom. The van der Waals surface area contributed by atoms with E-state index in [0.717, 1.165) is 19.5 Å². The fourth-order valence-corrected chi connectivity index (χ4v) is 1.93. The monoisotopic (exact) mass is 267 g/mol. The predicted octanol–water partition coefficient (Wildman–Crippen LogP) is 0.202. The number of carbonyl (C=O) groups excluding carboxylic acids is 1. The number of piperazine rings is 1. The zero-order valence-corrected chi connectivity index (χ0v) is 11.1. The molecule has 2 N–H and O–H groups in total. The number of aliphatic carboxylic acids is 1. The van der Waals surface area contributed by atoms with Crippen LogP contribution in [0.5, 0.6) is 0 Å². The molecular weight excluding hydrogens is 246 g/mol. The summed E-state index contributed by atoms with van der Waals surface area (Å²) in [6, 6.07) is -0.0603. The van der Waals surface area contributed by atoms with Crippen molar-refractivity contribution in [1.29, 1.82) is 0 Å². The number of carboxylic acid groups (broad SMARTS) is 1. The minimum Gasteiger partial charge on any atom is -0.481 e. The molecule has 0 radical (unpaired) electrons. The smallest absolute Gasteiger partial charge is 0.317 e.